The van der Waals surface area contributed by atoms with Gasteiger partial charge in [-0.3, -0.25) is 0 Å². The molecule has 11 aromatic rings. The van der Waals surface area contributed by atoms with Crippen molar-refractivity contribution in [2.45, 2.75) is 5.41 Å². The van der Waals surface area contributed by atoms with Crippen molar-refractivity contribution in [1.29, 1.82) is 0 Å². The fraction of sp³-hybridized carbons (Fsp3) is 0.0189. The van der Waals surface area contributed by atoms with Crippen molar-refractivity contribution in [2.75, 3.05) is 0 Å². The molecule has 258 valence electrons. The third-order valence-electron chi connectivity index (χ3n) is 12.5. The molecule has 2 heterocycles. The maximum Gasteiger partial charge on any atom is 0.161 e. The summed E-state index contributed by atoms with van der Waals surface area (Å²) in [5, 5.41) is 7.75. The van der Waals surface area contributed by atoms with Crippen molar-refractivity contribution >= 4 is 54.4 Å². The van der Waals surface area contributed by atoms with Gasteiger partial charge in [-0.25, -0.2) is 9.97 Å². The van der Waals surface area contributed by atoms with Crippen LogP contribution in [0.25, 0.3) is 99.3 Å². The molecule has 0 atom stereocenters. The molecule has 2 aliphatic rings. The molecule has 3 heteroatoms. The third-order valence-corrected chi connectivity index (χ3v) is 12.5. The highest BCUT2D eigenvalue weighted by Gasteiger charge is 2.52. The Morgan fingerprint density at radius 1 is 0.357 bits per heavy atom. The van der Waals surface area contributed by atoms with Crippen LogP contribution in [0.3, 0.4) is 0 Å². The van der Waals surface area contributed by atoms with Gasteiger partial charge < -0.3 is 4.42 Å². The van der Waals surface area contributed by atoms with Crippen LogP contribution in [0.4, 0.5) is 0 Å². The van der Waals surface area contributed by atoms with Crippen molar-refractivity contribution in [3.8, 4) is 44.9 Å². The Labute approximate surface area is 322 Å². The molecule has 9 aromatic carbocycles. The van der Waals surface area contributed by atoms with Gasteiger partial charge in [-0.1, -0.05) is 164 Å². The number of fused-ring (bicyclic) bond motifs is 18. The molecule has 0 unspecified atom stereocenters. The molecule has 2 aliphatic carbocycles. The molecule has 0 saturated heterocycles. The zero-order chi connectivity index (χ0) is 36.5. The van der Waals surface area contributed by atoms with Crippen molar-refractivity contribution < 1.29 is 4.42 Å². The summed E-state index contributed by atoms with van der Waals surface area (Å²) < 4.78 is 6.62. The van der Waals surface area contributed by atoms with E-state index < -0.39 is 5.41 Å². The van der Waals surface area contributed by atoms with E-state index in [2.05, 4.69) is 182 Å². The number of aromatic nitrogens is 2. The Bertz CT molecular complexity index is 3450. The lowest BCUT2D eigenvalue weighted by molar-refractivity contribution is 0.669. The number of furan rings is 1. The van der Waals surface area contributed by atoms with E-state index in [4.69, 9.17) is 14.4 Å². The predicted octanol–water partition coefficient (Wildman–Crippen LogP) is 13.5. The second kappa shape index (κ2) is 10.9. The number of rotatable bonds is 2. The smallest absolute Gasteiger partial charge is 0.161 e. The maximum absolute atomic E-state index is 6.62. The van der Waals surface area contributed by atoms with Crippen LogP contribution in [0.15, 0.2) is 186 Å². The van der Waals surface area contributed by atoms with Crippen LogP contribution in [-0.4, -0.2) is 9.97 Å². The van der Waals surface area contributed by atoms with E-state index >= 15 is 0 Å². The lowest BCUT2D eigenvalue weighted by atomic mass is 9.70. The van der Waals surface area contributed by atoms with E-state index in [9.17, 15) is 0 Å². The Balaban J connectivity index is 1.19. The highest BCUT2D eigenvalue weighted by molar-refractivity contribution is 6.27. The van der Waals surface area contributed by atoms with Gasteiger partial charge in [0, 0.05) is 21.9 Å². The van der Waals surface area contributed by atoms with Gasteiger partial charge in [0.15, 0.2) is 5.82 Å². The molecule has 0 amide bonds. The van der Waals surface area contributed by atoms with Crippen LogP contribution in [0.1, 0.15) is 22.3 Å². The van der Waals surface area contributed by atoms with Crippen molar-refractivity contribution in [2.24, 2.45) is 0 Å². The summed E-state index contributed by atoms with van der Waals surface area (Å²) in [4.78, 5) is 11.3. The zero-order valence-corrected chi connectivity index (χ0v) is 30.1. The molecule has 2 aromatic heterocycles. The lowest BCUT2D eigenvalue weighted by Gasteiger charge is -2.30. The number of hydrogen-bond donors (Lipinski definition) is 0. The Morgan fingerprint density at radius 3 is 1.68 bits per heavy atom. The van der Waals surface area contributed by atoms with E-state index in [0.29, 0.717) is 5.82 Å². The van der Waals surface area contributed by atoms with Crippen LogP contribution in [0.5, 0.6) is 0 Å². The van der Waals surface area contributed by atoms with Crippen LogP contribution < -0.4 is 0 Å². The van der Waals surface area contributed by atoms with Gasteiger partial charge in [-0.15, -0.1) is 0 Å². The fourth-order valence-electron chi connectivity index (χ4n) is 10.3. The standard InChI is InChI=1S/C53H30N2O/c1-3-16-33-31(13-1)15-11-21-37(33)50-40-28-30-46-49(48-34-17-4-2-14-32(34)27-29-45(48)56-46)51(40)55-52(54-50)39-22-12-26-44-47(39)38-20-7-10-25-43(38)53(44)41-23-8-5-18-35(41)36-19-6-9-24-42(36)53/h1-30H. The van der Waals surface area contributed by atoms with E-state index in [1.54, 1.807) is 0 Å². The molecule has 56 heavy (non-hydrogen) atoms. The van der Waals surface area contributed by atoms with E-state index in [1.165, 1.54) is 55.3 Å². The monoisotopic (exact) mass is 710 g/mol. The largest absolute Gasteiger partial charge is 0.456 e. The van der Waals surface area contributed by atoms with Gasteiger partial charge in [-0.05, 0) is 84.3 Å². The van der Waals surface area contributed by atoms with Gasteiger partial charge in [-0.2, -0.15) is 0 Å². The lowest BCUT2D eigenvalue weighted by Crippen LogP contribution is -2.25. The molecular formula is C53H30N2O. The third kappa shape index (κ3) is 3.72. The summed E-state index contributed by atoms with van der Waals surface area (Å²) in [6.45, 7) is 0. The predicted molar refractivity (Wildman–Crippen MR) is 229 cm³/mol. The molecule has 1 spiro atoms. The molecule has 0 fully saturated rings. The van der Waals surface area contributed by atoms with Gasteiger partial charge >= 0.3 is 0 Å². The first-order valence-electron chi connectivity index (χ1n) is 19.2. The molecular weight excluding hydrogens is 681 g/mol. The van der Waals surface area contributed by atoms with E-state index in [1.807, 2.05) is 0 Å². The molecule has 0 N–H and O–H groups in total. The van der Waals surface area contributed by atoms with Gasteiger partial charge in [0.25, 0.3) is 0 Å². The molecule has 3 nitrogen and oxygen atoms in total. The quantitative estimate of drug-likeness (QED) is 0.179. The topological polar surface area (TPSA) is 38.9 Å². The Kier molecular flexibility index (Phi) is 5.83. The summed E-state index contributed by atoms with van der Waals surface area (Å²) >= 11 is 0. The summed E-state index contributed by atoms with van der Waals surface area (Å²) in [5.41, 5.74) is 15.3. The second-order valence-electron chi connectivity index (χ2n) is 15.1. The summed E-state index contributed by atoms with van der Waals surface area (Å²) in [6, 6.07) is 65.8. The average molecular weight is 711 g/mol. The minimum atomic E-state index is -0.461. The first-order valence-corrected chi connectivity index (χ1v) is 19.2. The number of hydrogen-bond acceptors (Lipinski definition) is 3. The van der Waals surface area contributed by atoms with E-state index in [-0.39, 0.29) is 0 Å². The Morgan fingerprint density at radius 2 is 0.893 bits per heavy atom. The highest BCUT2D eigenvalue weighted by Crippen LogP contribution is 2.64. The van der Waals surface area contributed by atoms with Crippen LogP contribution in [-0.2, 0) is 5.41 Å². The average Bonchev–Trinajstić information content (AvgIpc) is 3.91. The number of benzene rings is 9. The first kappa shape index (κ1) is 30.0. The van der Waals surface area contributed by atoms with Crippen molar-refractivity contribution in [3.63, 3.8) is 0 Å². The molecule has 0 saturated carbocycles. The van der Waals surface area contributed by atoms with E-state index in [0.717, 1.165) is 60.4 Å². The summed E-state index contributed by atoms with van der Waals surface area (Å²) in [7, 11) is 0. The molecule has 0 aliphatic heterocycles. The highest BCUT2D eigenvalue weighted by atomic mass is 16.3. The molecule has 13 rings (SSSR count). The second-order valence-corrected chi connectivity index (χ2v) is 15.1. The molecule has 0 bridgehead atoms. The van der Waals surface area contributed by atoms with Crippen LogP contribution in [0.2, 0.25) is 0 Å². The summed E-state index contributed by atoms with van der Waals surface area (Å²) in [5.74, 6) is 0.700. The van der Waals surface area contributed by atoms with Crippen LogP contribution >= 0.6 is 0 Å². The van der Waals surface area contributed by atoms with Crippen molar-refractivity contribution in [3.05, 3.63) is 204 Å². The maximum atomic E-state index is 6.62. The number of nitrogens with zero attached hydrogens (tertiary/aromatic N) is 2. The SMILES string of the molecule is c1ccc2c(c1)-c1ccccc1C21c2ccccc2-c2c(-c3nc(-c4cccc5ccccc45)c4ccc5oc6ccc7ccccc7c6c5c4n3)cccc21. The zero-order valence-electron chi connectivity index (χ0n) is 30.1. The van der Waals surface area contributed by atoms with Gasteiger partial charge in [0.05, 0.1) is 22.0 Å². The minimum Gasteiger partial charge on any atom is -0.456 e. The van der Waals surface area contributed by atoms with Gasteiger partial charge in [0.2, 0.25) is 0 Å². The molecule has 0 radical (unpaired) electrons. The fourth-order valence-corrected chi connectivity index (χ4v) is 10.3. The van der Waals surface area contributed by atoms with Crippen molar-refractivity contribution in [1.82, 2.24) is 9.97 Å². The van der Waals surface area contributed by atoms with Crippen LogP contribution in [0, 0.1) is 0 Å². The Hall–Kier alpha value is -7.36. The minimum absolute atomic E-state index is 0.461. The summed E-state index contributed by atoms with van der Waals surface area (Å²) in [6.07, 6.45) is 0. The normalized spacial score (nSPS) is 13.5. The van der Waals surface area contributed by atoms with Gasteiger partial charge in [0.1, 0.15) is 11.2 Å². The first-order chi connectivity index (χ1) is 27.8.